The maximum atomic E-state index is 12.5. The molecule has 4 nitrogen and oxygen atoms in total. The largest absolute Gasteiger partial charge is 0.341 e. The molecule has 0 aromatic heterocycles. The fraction of sp³-hybridized carbons (Fsp3) is 0.300. The normalized spacial score (nSPS) is 15.1. The van der Waals surface area contributed by atoms with Gasteiger partial charge in [-0.2, -0.15) is 0 Å². The molecule has 1 atom stereocenters. The molecule has 1 N–H and O–H groups in total. The van der Waals surface area contributed by atoms with Crippen LogP contribution in [0.1, 0.15) is 30.1 Å². The number of hydrogen-bond donors (Lipinski definition) is 1. The number of hydrogen-bond acceptors (Lipinski definition) is 2. The van der Waals surface area contributed by atoms with Gasteiger partial charge in [0.1, 0.15) is 6.04 Å². The van der Waals surface area contributed by atoms with Gasteiger partial charge in [0.25, 0.3) is 5.91 Å². The molecule has 3 rings (SSSR count). The Balaban J connectivity index is 1.70. The Labute approximate surface area is 142 Å². The first-order valence-corrected chi connectivity index (χ1v) is 8.40. The Hall–Kier alpha value is -2.62. The molecule has 24 heavy (non-hydrogen) atoms. The van der Waals surface area contributed by atoms with E-state index in [9.17, 15) is 9.59 Å². The number of nitrogens with one attached hydrogen (secondary N) is 1. The van der Waals surface area contributed by atoms with Gasteiger partial charge in [-0.15, -0.1) is 0 Å². The van der Waals surface area contributed by atoms with Crippen LogP contribution in [-0.2, 0) is 4.79 Å². The molecule has 0 aliphatic carbocycles. The first kappa shape index (κ1) is 16.2. The smallest absolute Gasteiger partial charge is 0.251 e. The zero-order valence-corrected chi connectivity index (χ0v) is 13.9. The molecule has 124 valence electrons. The highest BCUT2D eigenvalue weighted by Gasteiger charge is 2.24. The summed E-state index contributed by atoms with van der Waals surface area (Å²) in [7, 11) is 0. The highest BCUT2D eigenvalue weighted by Crippen LogP contribution is 2.20. The minimum absolute atomic E-state index is 0.0000592. The van der Waals surface area contributed by atoms with Crippen LogP contribution in [0, 0.1) is 0 Å². The van der Waals surface area contributed by atoms with Gasteiger partial charge in [-0.25, -0.2) is 0 Å². The van der Waals surface area contributed by atoms with Crippen molar-refractivity contribution in [2.24, 2.45) is 0 Å². The van der Waals surface area contributed by atoms with Gasteiger partial charge in [0, 0.05) is 18.7 Å². The minimum atomic E-state index is -0.504. The molecule has 4 heteroatoms. The van der Waals surface area contributed by atoms with Crippen LogP contribution >= 0.6 is 0 Å². The minimum Gasteiger partial charge on any atom is -0.341 e. The van der Waals surface area contributed by atoms with Crippen molar-refractivity contribution in [2.45, 2.75) is 25.8 Å². The second-order valence-electron chi connectivity index (χ2n) is 6.17. The second-order valence-corrected chi connectivity index (χ2v) is 6.17. The molecule has 1 saturated heterocycles. The lowest BCUT2D eigenvalue weighted by Gasteiger charge is -2.21. The molecule has 0 unspecified atom stereocenters. The Morgan fingerprint density at radius 3 is 2.33 bits per heavy atom. The summed E-state index contributed by atoms with van der Waals surface area (Å²) in [5, 5.41) is 2.82. The fourth-order valence-corrected chi connectivity index (χ4v) is 3.02. The first-order chi connectivity index (χ1) is 11.6. The van der Waals surface area contributed by atoms with Crippen LogP contribution in [0.2, 0.25) is 0 Å². The van der Waals surface area contributed by atoms with Crippen LogP contribution in [0.25, 0.3) is 11.1 Å². The van der Waals surface area contributed by atoms with Gasteiger partial charge in [0.2, 0.25) is 5.91 Å². The van der Waals surface area contributed by atoms with E-state index in [1.54, 1.807) is 13.0 Å². The second kappa shape index (κ2) is 7.30. The number of nitrogens with zero attached hydrogens (tertiary/aromatic N) is 1. The lowest BCUT2D eigenvalue weighted by molar-refractivity contribution is -0.131. The summed E-state index contributed by atoms with van der Waals surface area (Å²) in [6.45, 7) is 3.34. The lowest BCUT2D eigenvalue weighted by Crippen LogP contribution is -2.45. The van der Waals surface area contributed by atoms with Crippen molar-refractivity contribution in [3.8, 4) is 11.1 Å². The first-order valence-electron chi connectivity index (χ1n) is 8.40. The summed E-state index contributed by atoms with van der Waals surface area (Å²) in [6.07, 6.45) is 2.09. The van der Waals surface area contributed by atoms with Crippen LogP contribution in [0.4, 0.5) is 0 Å². The highest BCUT2D eigenvalue weighted by atomic mass is 16.2. The molecule has 2 aromatic carbocycles. The Bertz CT molecular complexity index is 721. The summed E-state index contributed by atoms with van der Waals surface area (Å²) in [6, 6.07) is 16.9. The van der Waals surface area contributed by atoms with Crippen molar-refractivity contribution in [1.82, 2.24) is 10.2 Å². The lowest BCUT2D eigenvalue weighted by atomic mass is 10.0. The summed E-state index contributed by atoms with van der Waals surface area (Å²) < 4.78 is 0. The third-order valence-electron chi connectivity index (χ3n) is 4.37. The number of rotatable bonds is 4. The zero-order valence-electron chi connectivity index (χ0n) is 13.9. The van der Waals surface area contributed by atoms with Gasteiger partial charge in [-0.05, 0) is 43.0 Å². The Kier molecular flexibility index (Phi) is 4.94. The molecule has 0 saturated carbocycles. The molecule has 0 radical (unpaired) electrons. The van der Waals surface area contributed by atoms with E-state index in [0.717, 1.165) is 37.1 Å². The van der Waals surface area contributed by atoms with Gasteiger partial charge < -0.3 is 10.2 Å². The van der Waals surface area contributed by atoms with Crippen LogP contribution in [0.15, 0.2) is 54.6 Å². The summed E-state index contributed by atoms with van der Waals surface area (Å²) in [5.41, 5.74) is 2.62. The number of likely N-dealkylation sites (tertiary alicyclic amines) is 1. The molecular weight excluding hydrogens is 300 g/mol. The van der Waals surface area contributed by atoms with Crippen molar-refractivity contribution in [1.29, 1.82) is 0 Å². The van der Waals surface area contributed by atoms with E-state index < -0.39 is 6.04 Å². The quantitative estimate of drug-likeness (QED) is 0.940. The summed E-state index contributed by atoms with van der Waals surface area (Å²) >= 11 is 0. The predicted molar refractivity (Wildman–Crippen MR) is 94.6 cm³/mol. The summed E-state index contributed by atoms with van der Waals surface area (Å²) in [5.74, 6) is -0.215. The van der Waals surface area contributed by atoms with E-state index in [1.807, 2.05) is 53.4 Å². The maximum Gasteiger partial charge on any atom is 0.251 e. The van der Waals surface area contributed by atoms with Crippen molar-refractivity contribution in [3.63, 3.8) is 0 Å². The van der Waals surface area contributed by atoms with Crippen LogP contribution < -0.4 is 5.32 Å². The number of benzene rings is 2. The third-order valence-corrected chi connectivity index (χ3v) is 4.37. The molecule has 1 heterocycles. The van der Waals surface area contributed by atoms with E-state index >= 15 is 0 Å². The topological polar surface area (TPSA) is 49.4 Å². The molecule has 0 spiro atoms. The van der Waals surface area contributed by atoms with Gasteiger partial charge in [0.05, 0.1) is 0 Å². The van der Waals surface area contributed by atoms with Crippen LogP contribution in [0.5, 0.6) is 0 Å². The standard InChI is InChI=1S/C20H22N2O2/c1-15(20(24)22-12-5-6-13-22)21-19(23)18-11-7-10-17(14-18)16-8-3-2-4-9-16/h2-4,7-11,14-15H,5-6,12-13H2,1H3,(H,21,23)/t15-/m1/s1. The zero-order chi connectivity index (χ0) is 16.9. The van der Waals surface area contributed by atoms with Gasteiger partial charge >= 0.3 is 0 Å². The molecule has 2 amide bonds. The molecule has 0 bridgehead atoms. The van der Waals surface area contributed by atoms with E-state index in [1.165, 1.54) is 0 Å². The number of carbonyl (C=O) groups is 2. The van der Waals surface area contributed by atoms with Gasteiger partial charge in [-0.1, -0.05) is 42.5 Å². The third kappa shape index (κ3) is 3.65. The van der Waals surface area contributed by atoms with Crippen molar-refractivity contribution < 1.29 is 9.59 Å². The van der Waals surface area contributed by atoms with E-state index in [-0.39, 0.29) is 11.8 Å². The average Bonchev–Trinajstić information content (AvgIpc) is 3.16. The van der Waals surface area contributed by atoms with Crippen LogP contribution in [-0.4, -0.2) is 35.8 Å². The Morgan fingerprint density at radius 1 is 0.958 bits per heavy atom. The molecule has 1 aliphatic heterocycles. The predicted octanol–water partition coefficient (Wildman–Crippen LogP) is 3.09. The van der Waals surface area contributed by atoms with Crippen molar-refractivity contribution >= 4 is 11.8 Å². The van der Waals surface area contributed by atoms with E-state index in [4.69, 9.17) is 0 Å². The van der Waals surface area contributed by atoms with Gasteiger partial charge in [-0.3, -0.25) is 9.59 Å². The average molecular weight is 322 g/mol. The van der Waals surface area contributed by atoms with E-state index in [0.29, 0.717) is 5.56 Å². The molecule has 1 aliphatic rings. The van der Waals surface area contributed by atoms with Crippen LogP contribution in [0.3, 0.4) is 0 Å². The monoisotopic (exact) mass is 322 g/mol. The Morgan fingerprint density at radius 2 is 1.62 bits per heavy atom. The highest BCUT2D eigenvalue weighted by molar-refractivity contribution is 5.98. The van der Waals surface area contributed by atoms with E-state index in [2.05, 4.69) is 5.32 Å². The molecule has 2 aromatic rings. The molecular formula is C20H22N2O2. The number of amides is 2. The summed E-state index contributed by atoms with van der Waals surface area (Å²) in [4.78, 5) is 26.6. The SMILES string of the molecule is C[C@@H](NC(=O)c1cccc(-c2ccccc2)c1)C(=O)N1CCCC1. The fourth-order valence-electron chi connectivity index (χ4n) is 3.02. The van der Waals surface area contributed by atoms with Crippen molar-refractivity contribution in [3.05, 3.63) is 60.2 Å². The van der Waals surface area contributed by atoms with Crippen molar-refractivity contribution in [2.75, 3.05) is 13.1 Å². The number of carbonyl (C=O) groups excluding carboxylic acids is 2. The van der Waals surface area contributed by atoms with Gasteiger partial charge in [0.15, 0.2) is 0 Å². The molecule has 1 fully saturated rings. The maximum absolute atomic E-state index is 12.5.